The van der Waals surface area contributed by atoms with E-state index in [2.05, 4.69) is 24.1 Å². The van der Waals surface area contributed by atoms with Gasteiger partial charge in [-0.2, -0.15) is 0 Å². The molecule has 1 aromatic rings. The number of hydrogen-bond acceptors (Lipinski definition) is 4. The molecule has 0 fully saturated rings. The van der Waals surface area contributed by atoms with E-state index in [9.17, 15) is 4.79 Å². The Bertz CT molecular complexity index is 371. The second kappa shape index (κ2) is 4.84. The van der Waals surface area contributed by atoms with Gasteiger partial charge in [-0.05, 0) is 39.4 Å². The highest BCUT2D eigenvalue weighted by molar-refractivity contribution is 7.12. The van der Waals surface area contributed by atoms with Gasteiger partial charge in [0.1, 0.15) is 4.88 Å². The average molecular weight is 241 g/mol. The van der Waals surface area contributed by atoms with E-state index in [4.69, 9.17) is 5.73 Å². The molecule has 16 heavy (non-hydrogen) atoms. The van der Waals surface area contributed by atoms with Crippen LogP contribution in [0.3, 0.4) is 0 Å². The molecule has 0 saturated heterocycles. The zero-order chi connectivity index (χ0) is 12.3. The number of nitrogens with zero attached hydrogens (tertiary/aromatic N) is 1. The molecule has 0 saturated carbocycles. The maximum Gasteiger partial charge on any atom is 0.263 e. The van der Waals surface area contributed by atoms with Crippen LogP contribution in [-0.2, 0) is 0 Å². The van der Waals surface area contributed by atoms with Crippen LogP contribution in [0.15, 0.2) is 11.4 Å². The van der Waals surface area contributed by atoms with E-state index < -0.39 is 0 Å². The van der Waals surface area contributed by atoms with Crippen LogP contribution in [0.2, 0.25) is 0 Å². The molecule has 1 aromatic heterocycles. The minimum absolute atomic E-state index is 0.0678. The molecule has 5 heteroatoms. The molecule has 0 bridgehead atoms. The SMILES string of the molecule is CN(C)C(C)(C)CNC(=O)c1sccc1N. The molecule has 1 rings (SSSR count). The lowest BCUT2D eigenvalue weighted by atomic mass is 10.0. The molecule has 90 valence electrons. The number of thiophene rings is 1. The van der Waals surface area contributed by atoms with Crippen molar-refractivity contribution in [2.75, 3.05) is 26.4 Å². The number of carbonyl (C=O) groups excluding carboxylic acids is 1. The summed E-state index contributed by atoms with van der Waals surface area (Å²) in [7, 11) is 3.98. The van der Waals surface area contributed by atoms with Crippen molar-refractivity contribution in [1.82, 2.24) is 10.2 Å². The Morgan fingerprint density at radius 2 is 2.19 bits per heavy atom. The van der Waals surface area contributed by atoms with Crippen LogP contribution >= 0.6 is 11.3 Å². The Hall–Kier alpha value is -1.07. The highest BCUT2D eigenvalue weighted by Crippen LogP contribution is 2.18. The zero-order valence-electron chi connectivity index (χ0n) is 10.2. The van der Waals surface area contributed by atoms with Crippen LogP contribution in [0.25, 0.3) is 0 Å². The molecule has 0 aliphatic carbocycles. The van der Waals surface area contributed by atoms with Crippen molar-refractivity contribution in [2.24, 2.45) is 0 Å². The number of amides is 1. The maximum atomic E-state index is 11.8. The first-order valence-corrected chi connectivity index (χ1v) is 6.01. The van der Waals surface area contributed by atoms with Crippen molar-refractivity contribution in [1.29, 1.82) is 0 Å². The van der Waals surface area contributed by atoms with Crippen LogP contribution in [0.4, 0.5) is 5.69 Å². The lowest BCUT2D eigenvalue weighted by molar-refractivity contribution is 0.0924. The molecule has 0 radical (unpaired) electrons. The molecule has 3 N–H and O–H groups in total. The Balaban J connectivity index is 2.58. The highest BCUT2D eigenvalue weighted by atomic mass is 32.1. The molecule has 1 amide bonds. The third-order valence-corrected chi connectivity index (χ3v) is 3.72. The van der Waals surface area contributed by atoms with E-state index in [1.165, 1.54) is 11.3 Å². The smallest absolute Gasteiger partial charge is 0.263 e. The summed E-state index contributed by atoms with van der Waals surface area (Å²) in [6.45, 7) is 4.74. The van der Waals surface area contributed by atoms with Crippen LogP contribution in [0.1, 0.15) is 23.5 Å². The lowest BCUT2D eigenvalue weighted by Crippen LogP contribution is -2.48. The minimum atomic E-state index is -0.0950. The summed E-state index contributed by atoms with van der Waals surface area (Å²) in [4.78, 5) is 14.5. The van der Waals surface area contributed by atoms with Gasteiger partial charge in [-0.3, -0.25) is 4.79 Å². The topological polar surface area (TPSA) is 58.4 Å². The van der Waals surface area contributed by atoms with E-state index in [0.29, 0.717) is 17.1 Å². The molecule has 0 unspecified atom stereocenters. The Morgan fingerprint density at radius 3 is 2.62 bits per heavy atom. The number of likely N-dealkylation sites (N-methyl/N-ethyl adjacent to an activating group) is 1. The Labute approximate surface area is 100 Å². The van der Waals surface area contributed by atoms with Crippen molar-refractivity contribution < 1.29 is 4.79 Å². The summed E-state index contributed by atoms with van der Waals surface area (Å²) in [5.74, 6) is -0.0950. The first kappa shape index (κ1) is 13.0. The first-order valence-electron chi connectivity index (χ1n) is 5.13. The summed E-state index contributed by atoms with van der Waals surface area (Å²) >= 11 is 1.37. The molecule has 0 spiro atoms. The number of rotatable bonds is 4. The average Bonchev–Trinajstić information content (AvgIpc) is 2.61. The van der Waals surface area contributed by atoms with Crippen LogP contribution in [-0.4, -0.2) is 37.0 Å². The van der Waals surface area contributed by atoms with Crippen molar-refractivity contribution in [3.8, 4) is 0 Å². The Kier molecular flexibility index (Phi) is 3.93. The van der Waals surface area contributed by atoms with Gasteiger partial charge in [0.05, 0.1) is 5.69 Å². The molecule has 0 aromatic carbocycles. The summed E-state index contributed by atoms with van der Waals surface area (Å²) in [5.41, 5.74) is 6.16. The van der Waals surface area contributed by atoms with Crippen LogP contribution < -0.4 is 11.1 Å². The van der Waals surface area contributed by atoms with Crippen LogP contribution in [0.5, 0.6) is 0 Å². The first-order chi connectivity index (χ1) is 7.34. The summed E-state index contributed by atoms with van der Waals surface area (Å²) in [6, 6.07) is 1.75. The van der Waals surface area contributed by atoms with Crippen molar-refractivity contribution in [2.45, 2.75) is 19.4 Å². The second-order valence-electron chi connectivity index (χ2n) is 4.59. The molecule has 0 atom stereocenters. The van der Waals surface area contributed by atoms with E-state index in [1.807, 2.05) is 19.5 Å². The zero-order valence-corrected chi connectivity index (χ0v) is 11.0. The maximum absolute atomic E-state index is 11.8. The van der Waals surface area contributed by atoms with Gasteiger partial charge in [-0.15, -0.1) is 11.3 Å². The normalized spacial score (nSPS) is 11.8. The summed E-state index contributed by atoms with van der Waals surface area (Å²) in [6.07, 6.45) is 0. The fourth-order valence-electron chi connectivity index (χ4n) is 1.04. The van der Waals surface area contributed by atoms with Gasteiger partial charge in [-0.1, -0.05) is 0 Å². The summed E-state index contributed by atoms with van der Waals surface area (Å²) < 4.78 is 0. The number of nitrogens with two attached hydrogens (primary N) is 1. The predicted octanol–water partition coefficient (Wildman–Crippen LogP) is 1.40. The van der Waals surface area contributed by atoms with E-state index in [0.717, 1.165) is 0 Å². The number of anilines is 1. The number of hydrogen-bond donors (Lipinski definition) is 2. The fourth-order valence-corrected chi connectivity index (χ4v) is 1.77. The predicted molar refractivity (Wildman–Crippen MR) is 68.8 cm³/mol. The van der Waals surface area contributed by atoms with Gasteiger partial charge in [0.25, 0.3) is 5.91 Å². The van der Waals surface area contributed by atoms with E-state index in [-0.39, 0.29) is 11.4 Å². The highest BCUT2D eigenvalue weighted by Gasteiger charge is 2.22. The van der Waals surface area contributed by atoms with Gasteiger partial charge >= 0.3 is 0 Å². The number of nitrogens with one attached hydrogen (secondary N) is 1. The summed E-state index contributed by atoms with van der Waals surface area (Å²) in [5, 5.41) is 4.72. The molecular formula is C11H19N3OS. The molecule has 4 nitrogen and oxygen atoms in total. The van der Waals surface area contributed by atoms with Gasteiger partial charge in [0.2, 0.25) is 0 Å². The second-order valence-corrected chi connectivity index (χ2v) is 5.51. The molecule has 0 aliphatic rings. The fraction of sp³-hybridized carbons (Fsp3) is 0.545. The quantitative estimate of drug-likeness (QED) is 0.837. The van der Waals surface area contributed by atoms with Gasteiger partial charge < -0.3 is 16.0 Å². The third kappa shape index (κ3) is 2.96. The number of nitrogen functional groups attached to an aromatic ring is 1. The standard InChI is InChI=1S/C11H19N3OS/c1-11(2,14(3)4)7-13-10(15)9-8(12)5-6-16-9/h5-6H,7,12H2,1-4H3,(H,13,15). The van der Waals surface area contributed by atoms with Gasteiger partial charge in [0, 0.05) is 12.1 Å². The minimum Gasteiger partial charge on any atom is -0.397 e. The van der Waals surface area contributed by atoms with Crippen molar-refractivity contribution in [3.63, 3.8) is 0 Å². The van der Waals surface area contributed by atoms with Crippen molar-refractivity contribution in [3.05, 3.63) is 16.3 Å². The molecular weight excluding hydrogens is 222 g/mol. The lowest BCUT2D eigenvalue weighted by Gasteiger charge is -2.32. The van der Waals surface area contributed by atoms with Gasteiger partial charge in [0.15, 0.2) is 0 Å². The third-order valence-electron chi connectivity index (χ3n) is 2.79. The van der Waals surface area contributed by atoms with E-state index in [1.54, 1.807) is 6.07 Å². The number of carbonyl (C=O) groups is 1. The van der Waals surface area contributed by atoms with E-state index >= 15 is 0 Å². The largest absolute Gasteiger partial charge is 0.397 e. The monoisotopic (exact) mass is 241 g/mol. The van der Waals surface area contributed by atoms with Crippen LogP contribution in [0, 0.1) is 0 Å². The molecule has 1 heterocycles. The van der Waals surface area contributed by atoms with Crippen molar-refractivity contribution >= 4 is 22.9 Å². The van der Waals surface area contributed by atoms with Gasteiger partial charge in [-0.25, -0.2) is 0 Å². The Morgan fingerprint density at radius 1 is 1.56 bits per heavy atom. The molecule has 0 aliphatic heterocycles.